The van der Waals surface area contributed by atoms with Crippen LogP contribution in [0.5, 0.6) is 5.75 Å². The molecule has 1 amide bonds. The maximum absolute atomic E-state index is 12.1. The molecule has 9 heteroatoms. The van der Waals surface area contributed by atoms with Gasteiger partial charge in [-0.2, -0.15) is 0 Å². The summed E-state index contributed by atoms with van der Waals surface area (Å²) in [5.74, 6) is 0.280. The summed E-state index contributed by atoms with van der Waals surface area (Å²) < 4.78 is 30.4. The van der Waals surface area contributed by atoms with Gasteiger partial charge in [0.25, 0.3) is 0 Å². The Labute approximate surface area is 169 Å². The molecule has 2 aromatic carbocycles. The van der Waals surface area contributed by atoms with E-state index >= 15 is 0 Å². The predicted octanol–water partition coefficient (Wildman–Crippen LogP) is 4.19. The van der Waals surface area contributed by atoms with Gasteiger partial charge >= 0.3 is 0 Å². The molecule has 0 fully saturated rings. The summed E-state index contributed by atoms with van der Waals surface area (Å²) in [5, 5.41) is 3.64. The highest BCUT2D eigenvalue weighted by atomic mass is 35.5. The van der Waals surface area contributed by atoms with E-state index in [0.717, 1.165) is 6.26 Å². The summed E-state index contributed by atoms with van der Waals surface area (Å²) in [6, 6.07) is 11.4. The lowest BCUT2D eigenvalue weighted by Gasteiger charge is -2.22. The number of nitrogens with zero attached hydrogens (tertiary/aromatic N) is 1. The van der Waals surface area contributed by atoms with Crippen molar-refractivity contribution in [2.45, 2.75) is 12.8 Å². The van der Waals surface area contributed by atoms with Gasteiger partial charge in [-0.3, -0.25) is 9.10 Å². The van der Waals surface area contributed by atoms with Crippen molar-refractivity contribution in [1.82, 2.24) is 0 Å². The van der Waals surface area contributed by atoms with Gasteiger partial charge in [0.1, 0.15) is 5.75 Å². The topological polar surface area (TPSA) is 75.7 Å². The van der Waals surface area contributed by atoms with Crippen molar-refractivity contribution in [3.8, 4) is 5.75 Å². The molecular formula is C18H20Cl2N2O4S. The van der Waals surface area contributed by atoms with Gasteiger partial charge in [0.05, 0.1) is 24.1 Å². The first-order chi connectivity index (χ1) is 12.7. The maximum Gasteiger partial charge on any atom is 0.232 e. The Balaban J connectivity index is 1.95. The molecule has 0 aliphatic rings. The van der Waals surface area contributed by atoms with Gasteiger partial charge in [0.2, 0.25) is 15.9 Å². The Morgan fingerprint density at radius 1 is 1.15 bits per heavy atom. The first-order valence-corrected chi connectivity index (χ1v) is 10.7. The zero-order chi connectivity index (χ0) is 20.0. The molecule has 0 atom stereocenters. The standard InChI is InChI=1S/C18H20Cl2N2O4S/c1-26-17-10-7-14(12-16(17)20)21-18(23)4-3-11-22(27(2,24)25)15-8-5-13(19)6-9-15/h5-10,12H,3-4,11H2,1-2H3,(H,21,23). The van der Waals surface area contributed by atoms with Crippen LogP contribution in [0.2, 0.25) is 10.0 Å². The molecule has 0 aromatic heterocycles. The highest BCUT2D eigenvalue weighted by Gasteiger charge is 2.17. The third kappa shape index (κ3) is 6.30. The fraction of sp³-hybridized carbons (Fsp3) is 0.278. The summed E-state index contributed by atoms with van der Waals surface area (Å²) in [4.78, 5) is 12.1. The minimum absolute atomic E-state index is 0.156. The molecule has 0 aliphatic carbocycles. The number of anilines is 2. The smallest absolute Gasteiger partial charge is 0.232 e. The van der Waals surface area contributed by atoms with Crippen molar-refractivity contribution in [1.29, 1.82) is 0 Å². The number of halogens is 2. The lowest BCUT2D eigenvalue weighted by atomic mass is 10.2. The average Bonchev–Trinajstić information content (AvgIpc) is 2.59. The summed E-state index contributed by atoms with van der Waals surface area (Å²) in [6.45, 7) is 0.178. The Hall–Kier alpha value is -1.96. The summed E-state index contributed by atoms with van der Waals surface area (Å²) in [6.07, 6.45) is 1.63. The minimum Gasteiger partial charge on any atom is -0.495 e. The number of hydrogen-bond acceptors (Lipinski definition) is 4. The van der Waals surface area contributed by atoms with Crippen LogP contribution in [-0.2, 0) is 14.8 Å². The van der Waals surface area contributed by atoms with Crippen LogP contribution in [0.15, 0.2) is 42.5 Å². The largest absolute Gasteiger partial charge is 0.495 e. The van der Waals surface area contributed by atoms with Gasteiger partial charge in [0, 0.05) is 23.7 Å². The quantitative estimate of drug-likeness (QED) is 0.680. The van der Waals surface area contributed by atoms with Gasteiger partial charge in [-0.05, 0) is 48.9 Å². The molecule has 27 heavy (non-hydrogen) atoms. The number of methoxy groups -OCH3 is 1. The highest BCUT2D eigenvalue weighted by Crippen LogP contribution is 2.27. The van der Waals surface area contributed by atoms with Crippen molar-refractivity contribution >= 4 is 50.5 Å². The molecule has 146 valence electrons. The summed E-state index contributed by atoms with van der Waals surface area (Å²) in [5.41, 5.74) is 1.05. The van der Waals surface area contributed by atoms with E-state index in [1.807, 2.05) is 0 Å². The first-order valence-electron chi connectivity index (χ1n) is 8.07. The molecule has 0 heterocycles. The fourth-order valence-corrected chi connectivity index (χ4v) is 3.79. The van der Waals surface area contributed by atoms with Crippen LogP contribution in [0.3, 0.4) is 0 Å². The van der Waals surface area contributed by atoms with Crippen LogP contribution in [0.4, 0.5) is 11.4 Å². The molecule has 0 bridgehead atoms. The van der Waals surface area contributed by atoms with Crippen LogP contribution in [0, 0.1) is 0 Å². The monoisotopic (exact) mass is 430 g/mol. The van der Waals surface area contributed by atoms with Crippen molar-refractivity contribution in [2.75, 3.05) is 29.5 Å². The molecule has 0 radical (unpaired) electrons. The zero-order valence-electron chi connectivity index (χ0n) is 14.9. The van der Waals surface area contributed by atoms with Crippen molar-refractivity contribution in [3.63, 3.8) is 0 Å². The number of ether oxygens (including phenoxy) is 1. The number of carbonyl (C=O) groups excluding carboxylic acids is 1. The van der Waals surface area contributed by atoms with Crippen molar-refractivity contribution in [3.05, 3.63) is 52.5 Å². The van der Waals surface area contributed by atoms with E-state index in [0.29, 0.717) is 33.6 Å². The highest BCUT2D eigenvalue weighted by molar-refractivity contribution is 7.92. The van der Waals surface area contributed by atoms with Crippen LogP contribution in [0.25, 0.3) is 0 Å². The second kappa shape index (κ2) is 9.30. The SMILES string of the molecule is COc1ccc(NC(=O)CCCN(c2ccc(Cl)cc2)S(C)(=O)=O)cc1Cl. The van der Waals surface area contributed by atoms with Gasteiger partial charge in [-0.25, -0.2) is 8.42 Å². The van der Waals surface area contributed by atoms with E-state index in [2.05, 4.69) is 5.32 Å². The van der Waals surface area contributed by atoms with Crippen molar-refractivity contribution in [2.24, 2.45) is 0 Å². The van der Waals surface area contributed by atoms with E-state index in [-0.39, 0.29) is 18.9 Å². The lowest BCUT2D eigenvalue weighted by Crippen LogP contribution is -2.31. The molecule has 0 spiro atoms. The molecule has 0 saturated heterocycles. The van der Waals surface area contributed by atoms with Crippen LogP contribution in [-0.4, -0.2) is 34.2 Å². The van der Waals surface area contributed by atoms with E-state index in [4.69, 9.17) is 27.9 Å². The van der Waals surface area contributed by atoms with Crippen LogP contribution < -0.4 is 14.4 Å². The third-order valence-corrected chi connectivity index (χ3v) is 5.46. The molecular weight excluding hydrogens is 411 g/mol. The second-order valence-electron chi connectivity index (χ2n) is 5.81. The molecule has 2 rings (SSSR count). The van der Waals surface area contributed by atoms with E-state index < -0.39 is 10.0 Å². The molecule has 1 N–H and O–H groups in total. The molecule has 0 aliphatic heterocycles. The van der Waals surface area contributed by atoms with E-state index in [9.17, 15) is 13.2 Å². The molecule has 2 aromatic rings. The lowest BCUT2D eigenvalue weighted by molar-refractivity contribution is -0.116. The summed E-state index contributed by atoms with van der Waals surface area (Å²) in [7, 11) is -1.97. The summed E-state index contributed by atoms with van der Waals surface area (Å²) >= 11 is 11.9. The fourth-order valence-electron chi connectivity index (χ4n) is 2.44. The van der Waals surface area contributed by atoms with E-state index in [1.165, 1.54) is 11.4 Å². The Kier molecular flexibility index (Phi) is 7.35. The van der Waals surface area contributed by atoms with Gasteiger partial charge in [-0.1, -0.05) is 23.2 Å². The van der Waals surface area contributed by atoms with E-state index in [1.54, 1.807) is 42.5 Å². The number of sulfonamides is 1. The Bertz CT molecular complexity index is 902. The number of rotatable bonds is 8. The molecule has 0 saturated carbocycles. The van der Waals surface area contributed by atoms with Crippen molar-refractivity contribution < 1.29 is 17.9 Å². The third-order valence-electron chi connectivity index (χ3n) is 3.72. The van der Waals surface area contributed by atoms with Crippen LogP contribution >= 0.6 is 23.2 Å². The second-order valence-corrected chi connectivity index (χ2v) is 8.56. The van der Waals surface area contributed by atoms with Crippen LogP contribution in [0.1, 0.15) is 12.8 Å². The molecule has 6 nitrogen and oxygen atoms in total. The number of hydrogen-bond donors (Lipinski definition) is 1. The number of nitrogens with one attached hydrogen (secondary N) is 1. The predicted molar refractivity (Wildman–Crippen MR) is 110 cm³/mol. The average molecular weight is 431 g/mol. The Morgan fingerprint density at radius 2 is 1.81 bits per heavy atom. The van der Waals surface area contributed by atoms with Gasteiger partial charge in [0.15, 0.2) is 0 Å². The zero-order valence-corrected chi connectivity index (χ0v) is 17.2. The minimum atomic E-state index is -3.47. The maximum atomic E-state index is 12.1. The number of carbonyl (C=O) groups is 1. The normalized spacial score (nSPS) is 11.1. The Morgan fingerprint density at radius 3 is 2.37 bits per heavy atom. The van der Waals surface area contributed by atoms with Gasteiger partial charge < -0.3 is 10.1 Å². The number of amides is 1. The number of benzene rings is 2. The molecule has 0 unspecified atom stereocenters. The first kappa shape index (κ1) is 21.3. The van der Waals surface area contributed by atoms with Gasteiger partial charge in [-0.15, -0.1) is 0 Å².